The summed E-state index contributed by atoms with van der Waals surface area (Å²) < 4.78 is 9.17. The van der Waals surface area contributed by atoms with Gasteiger partial charge in [0.25, 0.3) is 0 Å². The summed E-state index contributed by atoms with van der Waals surface area (Å²) in [6, 6.07) is 48.1. The summed E-state index contributed by atoms with van der Waals surface area (Å²) in [6.45, 7) is 0. The predicted octanol–water partition coefficient (Wildman–Crippen LogP) is 11.6. The molecule has 9 rings (SSSR count). The minimum atomic E-state index is 0.926. The zero-order valence-electron chi connectivity index (χ0n) is 21.5. The molecule has 0 aliphatic carbocycles. The zero-order valence-corrected chi connectivity index (χ0v) is 22.3. The van der Waals surface area contributed by atoms with Crippen LogP contribution < -0.4 is 0 Å². The monoisotopic (exact) mass is 526 g/mol. The van der Waals surface area contributed by atoms with Crippen LogP contribution in [0.3, 0.4) is 0 Å². The molecule has 0 N–H and O–H groups in total. The Kier molecular flexibility index (Phi) is 4.55. The molecule has 0 spiro atoms. The van der Waals surface area contributed by atoms with E-state index in [1.165, 1.54) is 69.4 Å². The second-order valence-corrected chi connectivity index (χ2v) is 11.5. The van der Waals surface area contributed by atoms with Crippen molar-refractivity contribution in [3.8, 4) is 22.3 Å². The maximum atomic E-state index is 6.56. The van der Waals surface area contributed by atoms with Crippen molar-refractivity contribution in [3.05, 3.63) is 133 Å². The van der Waals surface area contributed by atoms with E-state index < -0.39 is 0 Å². The van der Waals surface area contributed by atoms with Gasteiger partial charge in [0, 0.05) is 36.5 Å². The molecule has 40 heavy (non-hydrogen) atoms. The summed E-state index contributed by atoms with van der Waals surface area (Å²) >= 11 is 1.89. The molecule has 2 aromatic heterocycles. The number of hydrogen-bond donors (Lipinski definition) is 0. The maximum absolute atomic E-state index is 6.56. The molecule has 0 saturated heterocycles. The summed E-state index contributed by atoms with van der Waals surface area (Å²) in [5.41, 5.74) is 6.93. The van der Waals surface area contributed by atoms with E-state index >= 15 is 0 Å². The fourth-order valence-electron chi connectivity index (χ4n) is 6.62. The predicted molar refractivity (Wildman–Crippen MR) is 172 cm³/mol. The second kappa shape index (κ2) is 8.29. The fourth-order valence-corrected chi connectivity index (χ4v) is 7.85. The molecule has 0 saturated carbocycles. The zero-order chi connectivity index (χ0) is 26.2. The summed E-state index contributed by atoms with van der Waals surface area (Å²) in [5, 5.41) is 9.93. The Morgan fingerprint density at radius 1 is 0.400 bits per heavy atom. The molecule has 0 amide bonds. The molecule has 186 valence electrons. The van der Waals surface area contributed by atoms with Crippen LogP contribution in [0.15, 0.2) is 138 Å². The molecule has 0 bridgehead atoms. The van der Waals surface area contributed by atoms with Gasteiger partial charge in [0.05, 0.1) is 0 Å². The first kappa shape index (κ1) is 22.0. The molecular formula is C38H22OS. The lowest BCUT2D eigenvalue weighted by molar-refractivity contribution is 0.669. The number of fused-ring (bicyclic) bond motifs is 8. The van der Waals surface area contributed by atoms with Crippen molar-refractivity contribution < 1.29 is 4.42 Å². The highest BCUT2D eigenvalue weighted by atomic mass is 32.1. The Bertz CT molecular complexity index is 2360. The third kappa shape index (κ3) is 2.97. The fraction of sp³-hybridized carbons (Fsp3) is 0. The van der Waals surface area contributed by atoms with Crippen molar-refractivity contribution in [1.29, 1.82) is 0 Å². The number of benzene rings is 7. The molecule has 9 aromatic rings. The van der Waals surface area contributed by atoms with E-state index in [1.807, 2.05) is 11.3 Å². The molecule has 0 aliphatic rings. The Balaban J connectivity index is 1.58. The van der Waals surface area contributed by atoms with Gasteiger partial charge < -0.3 is 4.42 Å². The molecule has 0 aliphatic heterocycles. The molecule has 0 radical (unpaired) electrons. The van der Waals surface area contributed by atoms with Gasteiger partial charge in [-0.1, -0.05) is 115 Å². The van der Waals surface area contributed by atoms with Crippen LogP contribution in [0.2, 0.25) is 0 Å². The largest absolute Gasteiger partial charge is 0.456 e. The minimum Gasteiger partial charge on any atom is -0.456 e. The van der Waals surface area contributed by atoms with Gasteiger partial charge >= 0.3 is 0 Å². The molecular weight excluding hydrogens is 504 g/mol. The molecule has 2 heterocycles. The Morgan fingerprint density at radius 2 is 0.950 bits per heavy atom. The van der Waals surface area contributed by atoms with Crippen LogP contribution in [0.25, 0.3) is 85.9 Å². The van der Waals surface area contributed by atoms with Crippen LogP contribution in [-0.2, 0) is 0 Å². The van der Waals surface area contributed by atoms with Crippen molar-refractivity contribution in [1.82, 2.24) is 0 Å². The number of thiophene rings is 1. The van der Waals surface area contributed by atoms with Gasteiger partial charge in [0.2, 0.25) is 0 Å². The van der Waals surface area contributed by atoms with Crippen molar-refractivity contribution in [2.75, 3.05) is 0 Å². The van der Waals surface area contributed by atoms with E-state index in [0.29, 0.717) is 0 Å². The SMILES string of the molecule is c1ccc(-c2c3ccccc3c(-c3c4sc5ccccc5c4cc4oc5ccccc5c34)c3ccccc23)cc1. The lowest BCUT2D eigenvalue weighted by atomic mass is 9.84. The highest BCUT2D eigenvalue weighted by Crippen LogP contribution is 2.52. The van der Waals surface area contributed by atoms with E-state index in [1.54, 1.807) is 0 Å². The van der Waals surface area contributed by atoms with Gasteiger partial charge in [-0.05, 0) is 56.4 Å². The normalized spacial score (nSPS) is 12.0. The van der Waals surface area contributed by atoms with Gasteiger partial charge in [0.15, 0.2) is 0 Å². The van der Waals surface area contributed by atoms with Gasteiger partial charge in [-0.25, -0.2) is 0 Å². The van der Waals surface area contributed by atoms with Gasteiger partial charge in [-0.3, -0.25) is 0 Å². The van der Waals surface area contributed by atoms with E-state index in [4.69, 9.17) is 4.42 Å². The highest BCUT2D eigenvalue weighted by molar-refractivity contribution is 7.26. The van der Waals surface area contributed by atoms with Crippen LogP contribution >= 0.6 is 11.3 Å². The quantitative estimate of drug-likeness (QED) is 0.204. The highest BCUT2D eigenvalue weighted by Gasteiger charge is 2.24. The van der Waals surface area contributed by atoms with Crippen molar-refractivity contribution in [2.45, 2.75) is 0 Å². The van der Waals surface area contributed by atoms with E-state index in [0.717, 1.165) is 16.6 Å². The number of furan rings is 1. The molecule has 0 fully saturated rings. The van der Waals surface area contributed by atoms with E-state index in [-0.39, 0.29) is 0 Å². The summed E-state index contributed by atoms with van der Waals surface area (Å²) in [4.78, 5) is 0. The Morgan fingerprint density at radius 3 is 1.65 bits per heavy atom. The third-order valence-electron chi connectivity index (χ3n) is 8.25. The standard InChI is InChI=1S/C38H22OS/c1-2-12-23(13-3-1)34-25-15-4-6-17-27(25)35(28-18-7-5-16-26(28)34)37-36-29-19-8-10-20-31(29)39-32(36)22-30-24-14-9-11-21-33(24)40-38(30)37/h1-22H. The van der Waals surface area contributed by atoms with Gasteiger partial charge in [-0.2, -0.15) is 0 Å². The summed E-state index contributed by atoms with van der Waals surface area (Å²) in [6.07, 6.45) is 0. The lowest BCUT2D eigenvalue weighted by Crippen LogP contribution is -1.91. The minimum absolute atomic E-state index is 0.926. The molecule has 7 aromatic carbocycles. The summed E-state index contributed by atoms with van der Waals surface area (Å²) in [7, 11) is 0. The second-order valence-electron chi connectivity index (χ2n) is 10.4. The van der Waals surface area contributed by atoms with E-state index in [2.05, 4.69) is 133 Å². The first-order chi connectivity index (χ1) is 19.9. The Hall–Kier alpha value is -4.92. The van der Waals surface area contributed by atoms with Gasteiger partial charge in [0.1, 0.15) is 11.2 Å². The van der Waals surface area contributed by atoms with Crippen LogP contribution in [0.4, 0.5) is 0 Å². The van der Waals surface area contributed by atoms with Crippen LogP contribution in [0, 0.1) is 0 Å². The molecule has 1 nitrogen and oxygen atoms in total. The lowest BCUT2D eigenvalue weighted by Gasteiger charge is -2.18. The smallest absolute Gasteiger partial charge is 0.136 e. The third-order valence-corrected chi connectivity index (χ3v) is 9.46. The van der Waals surface area contributed by atoms with Gasteiger partial charge in [-0.15, -0.1) is 11.3 Å². The number of hydrogen-bond acceptors (Lipinski definition) is 2. The average molecular weight is 527 g/mol. The van der Waals surface area contributed by atoms with Crippen molar-refractivity contribution in [3.63, 3.8) is 0 Å². The number of para-hydroxylation sites is 1. The van der Waals surface area contributed by atoms with Crippen molar-refractivity contribution in [2.24, 2.45) is 0 Å². The van der Waals surface area contributed by atoms with Crippen LogP contribution in [-0.4, -0.2) is 0 Å². The van der Waals surface area contributed by atoms with Crippen LogP contribution in [0.1, 0.15) is 0 Å². The molecule has 0 atom stereocenters. The topological polar surface area (TPSA) is 13.1 Å². The van der Waals surface area contributed by atoms with E-state index in [9.17, 15) is 0 Å². The maximum Gasteiger partial charge on any atom is 0.136 e. The molecule has 0 unspecified atom stereocenters. The summed E-state index contributed by atoms with van der Waals surface area (Å²) in [5.74, 6) is 0. The average Bonchev–Trinajstić information content (AvgIpc) is 3.57. The first-order valence-corrected chi connectivity index (χ1v) is 14.4. The van der Waals surface area contributed by atoms with Crippen molar-refractivity contribution >= 4 is 75.0 Å². The van der Waals surface area contributed by atoms with Crippen LogP contribution in [0.5, 0.6) is 0 Å². The first-order valence-electron chi connectivity index (χ1n) is 13.6. The Labute approximate surface area is 234 Å². The molecule has 2 heteroatoms. The number of rotatable bonds is 2.